The van der Waals surface area contributed by atoms with Crippen LogP contribution in [-0.4, -0.2) is 22.4 Å². The molecule has 1 aromatic heterocycles. The molecule has 1 atom stereocenters. The third kappa shape index (κ3) is 1.76. The lowest BCUT2D eigenvalue weighted by atomic mass is 10.0. The minimum Gasteiger partial charge on any atom is -0.204 e. The Morgan fingerprint density at radius 3 is 2.81 bits per heavy atom. The molecule has 6 heteroatoms. The number of rotatable bonds is 2. The van der Waals surface area contributed by atoms with Gasteiger partial charge in [-0.2, -0.15) is 9.19 Å². The van der Waals surface area contributed by atoms with Crippen molar-refractivity contribution in [3.8, 4) is 0 Å². The Hall–Kier alpha value is -0.880. The predicted octanol–water partition coefficient (Wildman–Crippen LogP) is 2.06. The summed E-state index contributed by atoms with van der Waals surface area (Å²) < 4.78 is 25.6. The van der Waals surface area contributed by atoms with Crippen molar-refractivity contribution in [2.75, 3.05) is 0 Å². The van der Waals surface area contributed by atoms with Gasteiger partial charge in [-0.05, 0) is 19.4 Å². The molecule has 0 saturated carbocycles. The van der Waals surface area contributed by atoms with Crippen LogP contribution in [0.25, 0.3) is 0 Å². The van der Waals surface area contributed by atoms with Crippen LogP contribution in [0.4, 0.5) is 0 Å². The van der Waals surface area contributed by atoms with Crippen molar-refractivity contribution in [1.29, 1.82) is 0 Å². The molecule has 0 spiro atoms. The van der Waals surface area contributed by atoms with Gasteiger partial charge in [-0.3, -0.25) is 0 Å². The second-order valence-corrected chi connectivity index (χ2v) is 7.00. The average Bonchev–Trinajstić information content (AvgIpc) is 2.76. The first-order chi connectivity index (χ1) is 7.46. The number of halogens is 1. The second-order valence-electron chi connectivity index (χ2n) is 3.82. The summed E-state index contributed by atoms with van der Waals surface area (Å²) in [5, 5.41) is 3.79. The lowest BCUT2D eigenvalue weighted by Crippen LogP contribution is -2.38. The highest BCUT2D eigenvalue weighted by Crippen LogP contribution is 2.31. The molecule has 1 unspecified atom stereocenters. The summed E-state index contributed by atoms with van der Waals surface area (Å²) in [4.78, 5) is 0. The Kier molecular flexibility index (Phi) is 2.79. The molecule has 86 valence electrons. The van der Waals surface area contributed by atoms with Gasteiger partial charge in [0, 0.05) is 10.7 Å². The van der Waals surface area contributed by atoms with Crippen LogP contribution in [0.2, 0.25) is 0 Å². The molecule has 0 radical (unpaired) electrons. The molecule has 4 nitrogen and oxygen atoms in total. The van der Waals surface area contributed by atoms with E-state index in [1.54, 1.807) is 25.1 Å². The van der Waals surface area contributed by atoms with E-state index in [-0.39, 0.29) is 0 Å². The highest BCUT2D eigenvalue weighted by molar-refractivity contribution is 9.11. The van der Waals surface area contributed by atoms with Gasteiger partial charge in [0.05, 0.1) is 6.20 Å². The molecule has 0 saturated heterocycles. The molecule has 1 aliphatic rings. The van der Waals surface area contributed by atoms with Crippen molar-refractivity contribution in [1.82, 2.24) is 9.19 Å². The Labute approximate surface area is 103 Å². The van der Waals surface area contributed by atoms with Gasteiger partial charge in [0.15, 0.2) is 0 Å². The van der Waals surface area contributed by atoms with Crippen molar-refractivity contribution in [3.05, 3.63) is 41.2 Å². The van der Waals surface area contributed by atoms with Crippen molar-refractivity contribution in [3.63, 3.8) is 0 Å². The molecule has 2 rings (SSSR count). The maximum atomic E-state index is 12.3. The van der Waals surface area contributed by atoms with Crippen molar-refractivity contribution >= 4 is 26.0 Å². The van der Waals surface area contributed by atoms with Gasteiger partial charge in [0.25, 0.3) is 10.0 Å². The third-order valence-corrected chi connectivity index (χ3v) is 5.39. The summed E-state index contributed by atoms with van der Waals surface area (Å²) in [7, 11) is -3.49. The summed E-state index contributed by atoms with van der Waals surface area (Å²) in [6.45, 7) is 1.69. The van der Waals surface area contributed by atoms with Gasteiger partial charge in [-0.25, -0.2) is 8.42 Å². The summed E-state index contributed by atoms with van der Waals surface area (Å²) in [6, 6.07) is 1.60. The van der Waals surface area contributed by atoms with Gasteiger partial charge in [-0.15, -0.1) is 0 Å². The fourth-order valence-corrected chi connectivity index (χ4v) is 3.16. The van der Waals surface area contributed by atoms with E-state index >= 15 is 0 Å². The molecule has 16 heavy (non-hydrogen) atoms. The van der Waals surface area contributed by atoms with Crippen LogP contribution in [0.15, 0.2) is 41.2 Å². The topological polar surface area (TPSA) is 52.0 Å². The van der Waals surface area contributed by atoms with Crippen LogP contribution in [0.1, 0.15) is 13.3 Å². The van der Waals surface area contributed by atoms with Crippen molar-refractivity contribution < 1.29 is 8.42 Å². The Balaban J connectivity index is 2.44. The Morgan fingerprint density at radius 2 is 2.31 bits per heavy atom. The van der Waals surface area contributed by atoms with Crippen molar-refractivity contribution in [2.45, 2.75) is 18.1 Å². The van der Waals surface area contributed by atoms with Crippen LogP contribution < -0.4 is 0 Å². The third-order valence-electron chi connectivity index (χ3n) is 2.61. The molecule has 1 heterocycles. The van der Waals surface area contributed by atoms with Gasteiger partial charge < -0.3 is 0 Å². The van der Waals surface area contributed by atoms with Gasteiger partial charge in [-0.1, -0.05) is 34.2 Å². The second kappa shape index (κ2) is 3.85. The lowest BCUT2D eigenvalue weighted by molar-refractivity contribution is 0.545. The zero-order valence-electron chi connectivity index (χ0n) is 8.67. The molecule has 1 aromatic rings. The summed E-state index contributed by atoms with van der Waals surface area (Å²) in [5.74, 6) is 0. The van der Waals surface area contributed by atoms with E-state index in [1.807, 2.05) is 6.08 Å². The van der Waals surface area contributed by atoms with Crippen LogP contribution in [0.3, 0.4) is 0 Å². The normalized spacial score (nSPS) is 25.5. The number of nitrogens with zero attached hydrogens (tertiary/aromatic N) is 2. The minimum absolute atomic E-state index is 0.437. The number of allylic oxidation sites excluding steroid dienone is 3. The largest absolute Gasteiger partial charge is 0.263 e. The fraction of sp³-hybridized carbons (Fsp3) is 0.300. The molecule has 0 aliphatic heterocycles. The van der Waals surface area contributed by atoms with E-state index in [0.29, 0.717) is 6.42 Å². The molecule has 0 amide bonds. The Morgan fingerprint density at radius 1 is 1.56 bits per heavy atom. The predicted molar refractivity (Wildman–Crippen MR) is 65.7 cm³/mol. The fourth-order valence-electron chi connectivity index (χ4n) is 1.49. The first kappa shape index (κ1) is 11.6. The van der Waals surface area contributed by atoms with Gasteiger partial charge in [0.2, 0.25) is 0 Å². The maximum absolute atomic E-state index is 12.3. The van der Waals surface area contributed by atoms with Crippen LogP contribution in [0, 0.1) is 0 Å². The number of hydrogen-bond donors (Lipinski definition) is 0. The zero-order chi connectivity index (χ0) is 11.8. The molecular formula is C10H11BrN2O2S. The molecular weight excluding hydrogens is 292 g/mol. The van der Waals surface area contributed by atoms with Gasteiger partial charge in [0.1, 0.15) is 4.75 Å². The average molecular weight is 303 g/mol. The number of hydrogen-bond acceptors (Lipinski definition) is 3. The lowest BCUT2D eigenvalue weighted by Gasteiger charge is -2.26. The van der Waals surface area contributed by atoms with Crippen molar-refractivity contribution in [2.24, 2.45) is 0 Å². The van der Waals surface area contributed by atoms with E-state index in [4.69, 9.17) is 0 Å². The van der Waals surface area contributed by atoms with Gasteiger partial charge >= 0.3 is 0 Å². The van der Waals surface area contributed by atoms with Crippen LogP contribution in [-0.2, 0) is 10.0 Å². The van der Waals surface area contributed by atoms with Crippen LogP contribution in [0.5, 0.6) is 0 Å². The number of aromatic nitrogens is 2. The molecule has 0 bridgehead atoms. The van der Waals surface area contributed by atoms with E-state index in [2.05, 4.69) is 21.0 Å². The molecule has 0 aromatic carbocycles. The minimum atomic E-state index is -3.49. The summed E-state index contributed by atoms with van der Waals surface area (Å²) in [6.07, 6.45) is 8.63. The zero-order valence-corrected chi connectivity index (χ0v) is 11.1. The Bertz CT molecular complexity index is 545. The molecule has 1 aliphatic carbocycles. The smallest absolute Gasteiger partial charge is 0.204 e. The summed E-state index contributed by atoms with van der Waals surface area (Å²) in [5.41, 5.74) is 0. The SMILES string of the molecule is CC1(S(=O)(=O)n2cccn2)C=CC(Br)=CC1. The first-order valence-corrected chi connectivity index (χ1v) is 6.99. The van der Waals surface area contributed by atoms with E-state index in [1.165, 1.54) is 12.4 Å². The standard InChI is InChI=1S/C10H11BrN2O2S/c1-10(5-3-9(11)4-6-10)16(14,15)13-8-2-7-12-13/h2-5,7-8H,6H2,1H3. The highest BCUT2D eigenvalue weighted by atomic mass is 79.9. The van der Waals surface area contributed by atoms with Crippen LogP contribution >= 0.6 is 15.9 Å². The quantitative estimate of drug-likeness (QED) is 0.840. The molecule has 0 N–H and O–H groups in total. The van der Waals surface area contributed by atoms with E-state index in [9.17, 15) is 8.42 Å². The van der Waals surface area contributed by atoms with E-state index in [0.717, 1.165) is 8.57 Å². The summed E-state index contributed by atoms with van der Waals surface area (Å²) >= 11 is 3.31. The molecule has 0 fully saturated rings. The first-order valence-electron chi connectivity index (χ1n) is 4.75. The maximum Gasteiger partial charge on any atom is 0.263 e. The monoisotopic (exact) mass is 302 g/mol. The highest BCUT2D eigenvalue weighted by Gasteiger charge is 2.38. The van der Waals surface area contributed by atoms with E-state index < -0.39 is 14.8 Å².